The van der Waals surface area contributed by atoms with Crippen LogP contribution in [0.2, 0.25) is 0 Å². The zero-order valence-corrected chi connectivity index (χ0v) is 10.1. The van der Waals surface area contributed by atoms with Crippen molar-refractivity contribution in [1.82, 2.24) is 0 Å². The zero-order valence-electron chi connectivity index (χ0n) is 10.1. The molecule has 1 unspecified atom stereocenters. The zero-order chi connectivity index (χ0) is 11.5. The molecular formula is C14H19NO. The molecule has 1 fully saturated rings. The Hall–Kier alpha value is -1.31. The van der Waals surface area contributed by atoms with Crippen LogP contribution < -0.4 is 4.90 Å². The van der Waals surface area contributed by atoms with E-state index in [4.69, 9.17) is 0 Å². The molecule has 0 spiro atoms. The van der Waals surface area contributed by atoms with E-state index in [2.05, 4.69) is 29.2 Å². The molecule has 0 saturated heterocycles. The van der Waals surface area contributed by atoms with Crippen LogP contribution in [0.25, 0.3) is 0 Å². The average molecular weight is 217 g/mol. The number of carbonyl (C=O) groups excluding carboxylic acids is 1. The number of hydrogen-bond donors (Lipinski definition) is 0. The first kappa shape index (κ1) is 11.2. The monoisotopic (exact) mass is 217 g/mol. The van der Waals surface area contributed by atoms with Gasteiger partial charge in [-0.1, -0.05) is 18.6 Å². The maximum atomic E-state index is 11.8. The number of rotatable bonds is 2. The lowest BCUT2D eigenvalue weighted by Crippen LogP contribution is -2.17. The van der Waals surface area contributed by atoms with Crippen LogP contribution in [0.5, 0.6) is 0 Å². The lowest BCUT2D eigenvalue weighted by molar-refractivity contribution is -0.121. The summed E-state index contributed by atoms with van der Waals surface area (Å²) in [6.07, 6.45) is 4.05. The molecule has 2 nitrogen and oxygen atoms in total. The summed E-state index contributed by atoms with van der Waals surface area (Å²) in [6, 6.07) is 8.39. The van der Waals surface area contributed by atoms with E-state index in [1.54, 1.807) is 0 Å². The molecule has 0 bridgehead atoms. The van der Waals surface area contributed by atoms with E-state index in [1.165, 1.54) is 17.7 Å². The SMILES string of the molecule is CN(C)c1ccc(C2CCCCC2=O)cc1. The van der Waals surface area contributed by atoms with Crippen LogP contribution in [0.4, 0.5) is 5.69 Å². The van der Waals surface area contributed by atoms with Gasteiger partial charge in [0.15, 0.2) is 0 Å². The Morgan fingerprint density at radius 2 is 1.81 bits per heavy atom. The molecule has 0 amide bonds. The molecule has 1 atom stereocenters. The quantitative estimate of drug-likeness (QED) is 0.759. The maximum Gasteiger partial charge on any atom is 0.140 e. The number of ketones is 1. The Morgan fingerprint density at radius 3 is 2.38 bits per heavy atom. The van der Waals surface area contributed by atoms with Crippen molar-refractivity contribution in [3.05, 3.63) is 29.8 Å². The predicted octanol–water partition coefficient (Wildman–Crippen LogP) is 2.98. The summed E-state index contributed by atoms with van der Waals surface area (Å²) in [5.74, 6) is 0.578. The predicted molar refractivity (Wildman–Crippen MR) is 67.0 cm³/mol. The van der Waals surface area contributed by atoms with Gasteiger partial charge in [0.25, 0.3) is 0 Å². The van der Waals surface area contributed by atoms with Crippen LogP contribution >= 0.6 is 0 Å². The van der Waals surface area contributed by atoms with Crippen LogP contribution in [0.3, 0.4) is 0 Å². The summed E-state index contributed by atoms with van der Waals surface area (Å²) in [7, 11) is 4.06. The average Bonchev–Trinajstić information content (AvgIpc) is 2.30. The molecule has 1 aromatic carbocycles. The highest BCUT2D eigenvalue weighted by Crippen LogP contribution is 2.30. The Balaban J connectivity index is 2.17. The molecule has 0 aromatic heterocycles. The molecule has 0 N–H and O–H groups in total. The van der Waals surface area contributed by atoms with E-state index in [1.807, 2.05) is 14.1 Å². The van der Waals surface area contributed by atoms with E-state index in [-0.39, 0.29) is 5.92 Å². The van der Waals surface area contributed by atoms with Gasteiger partial charge in [-0.25, -0.2) is 0 Å². The van der Waals surface area contributed by atoms with Crippen molar-refractivity contribution < 1.29 is 4.79 Å². The lowest BCUT2D eigenvalue weighted by Gasteiger charge is -2.21. The van der Waals surface area contributed by atoms with Crippen molar-refractivity contribution in [3.63, 3.8) is 0 Å². The van der Waals surface area contributed by atoms with Gasteiger partial charge in [-0.05, 0) is 30.5 Å². The number of hydrogen-bond acceptors (Lipinski definition) is 2. The van der Waals surface area contributed by atoms with E-state index in [0.717, 1.165) is 19.3 Å². The fraction of sp³-hybridized carbons (Fsp3) is 0.500. The summed E-state index contributed by atoms with van der Waals surface area (Å²) in [6.45, 7) is 0. The lowest BCUT2D eigenvalue weighted by atomic mass is 9.83. The van der Waals surface area contributed by atoms with Crippen LogP contribution in [-0.2, 0) is 4.79 Å². The summed E-state index contributed by atoms with van der Waals surface area (Å²) < 4.78 is 0. The van der Waals surface area contributed by atoms with E-state index >= 15 is 0 Å². The molecular weight excluding hydrogens is 198 g/mol. The highest BCUT2D eigenvalue weighted by atomic mass is 16.1. The fourth-order valence-electron chi connectivity index (χ4n) is 2.34. The number of Topliss-reactive ketones (excluding diaryl/α,β-unsaturated/α-hetero) is 1. The molecule has 2 rings (SSSR count). The van der Waals surface area contributed by atoms with Gasteiger partial charge < -0.3 is 4.90 Å². The second kappa shape index (κ2) is 4.69. The molecule has 1 saturated carbocycles. The molecule has 0 radical (unpaired) electrons. The van der Waals surface area contributed by atoms with Crippen molar-refractivity contribution in [2.45, 2.75) is 31.6 Å². The largest absolute Gasteiger partial charge is 0.378 e. The van der Waals surface area contributed by atoms with Gasteiger partial charge >= 0.3 is 0 Å². The van der Waals surface area contributed by atoms with Gasteiger partial charge in [0.05, 0.1) is 0 Å². The van der Waals surface area contributed by atoms with Crippen molar-refractivity contribution in [2.24, 2.45) is 0 Å². The summed E-state index contributed by atoms with van der Waals surface area (Å²) >= 11 is 0. The van der Waals surface area contributed by atoms with Gasteiger partial charge in [0.2, 0.25) is 0 Å². The van der Waals surface area contributed by atoms with Crippen molar-refractivity contribution in [2.75, 3.05) is 19.0 Å². The Morgan fingerprint density at radius 1 is 1.12 bits per heavy atom. The number of nitrogens with zero attached hydrogens (tertiary/aromatic N) is 1. The summed E-state index contributed by atoms with van der Waals surface area (Å²) in [5, 5.41) is 0. The maximum absolute atomic E-state index is 11.8. The highest BCUT2D eigenvalue weighted by Gasteiger charge is 2.23. The first-order valence-corrected chi connectivity index (χ1v) is 5.98. The molecule has 1 aliphatic carbocycles. The van der Waals surface area contributed by atoms with E-state index < -0.39 is 0 Å². The smallest absolute Gasteiger partial charge is 0.140 e. The minimum atomic E-state index is 0.157. The van der Waals surface area contributed by atoms with Gasteiger partial charge in [-0.2, -0.15) is 0 Å². The van der Waals surface area contributed by atoms with Crippen LogP contribution in [0, 0.1) is 0 Å². The topological polar surface area (TPSA) is 20.3 Å². The summed E-state index contributed by atoms with van der Waals surface area (Å²) in [4.78, 5) is 13.9. The third kappa shape index (κ3) is 2.26. The van der Waals surface area contributed by atoms with Crippen molar-refractivity contribution in [3.8, 4) is 0 Å². The second-order valence-corrected chi connectivity index (χ2v) is 4.75. The first-order chi connectivity index (χ1) is 7.68. The molecule has 0 heterocycles. The molecule has 1 aliphatic rings. The second-order valence-electron chi connectivity index (χ2n) is 4.75. The molecule has 86 valence electrons. The standard InChI is InChI=1S/C14H19NO/c1-15(2)12-9-7-11(8-10-12)13-5-3-4-6-14(13)16/h7-10,13H,3-6H2,1-2H3. The van der Waals surface area contributed by atoms with Crippen molar-refractivity contribution >= 4 is 11.5 Å². The van der Waals surface area contributed by atoms with E-state index in [9.17, 15) is 4.79 Å². The van der Waals surface area contributed by atoms with Crippen LogP contribution in [0.1, 0.15) is 37.2 Å². The molecule has 1 aromatic rings. The van der Waals surface area contributed by atoms with Crippen LogP contribution in [-0.4, -0.2) is 19.9 Å². The molecule has 16 heavy (non-hydrogen) atoms. The van der Waals surface area contributed by atoms with Gasteiger partial charge in [0, 0.05) is 32.1 Å². The highest BCUT2D eigenvalue weighted by molar-refractivity contribution is 5.86. The minimum Gasteiger partial charge on any atom is -0.378 e. The number of carbonyl (C=O) groups is 1. The van der Waals surface area contributed by atoms with Crippen molar-refractivity contribution in [1.29, 1.82) is 0 Å². The van der Waals surface area contributed by atoms with Gasteiger partial charge in [0.1, 0.15) is 5.78 Å². The number of benzene rings is 1. The Kier molecular flexibility index (Phi) is 3.28. The van der Waals surface area contributed by atoms with Gasteiger partial charge in [-0.15, -0.1) is 0 Å². The van der Waals surface area contributed by atoms with Gasteiger partial charge in [-0.3, -0.25) is 4.79 Å². The third-order valence-electron chi connectivity index (χ3n) is 3.37. The number of anilines is 1. The van der Waals surface area contributed by atoms with Crippen LogP contribution in [0.15, 0.2) is 24.3 Å². The molecule has 2 heteroatoms. The Bertz CT molecular complexity index is 367. The summed E-state index contributed by atoms with van der Waals surface area (Å²) in [5.41, 5.74) is 2.38. The normalized spacial score (nSPS) is 20.9. The third-order valence-corrected chi connectivity index (χ3v) is 3.37. The fourth-order valence-corrected chi connectivity index (χ4v) is 2.34. The first-order valence-electron chi connectivity index (χ1n) is 5.98. The minimum absolute atomic E-state index is 0.157. The Labute approximate surface area is 97.3 Å². The molecule has 0 aliphatic heterocycles. The van der Waals surface area contributed by atoms with E-state index in [0.29, 0.717) is 5.78 Å².